The van der Waals surface area contributed by atoms with Crippen LogP contribution in [0.5, 0.6) is 0 Å². The fourth-order valence-electron chi connectivity index (χ4n) is 4.15. The summed E-state index contributed by atoms with van der Waals surface area (Å²) in [5.41, 5.74) is 4.36. The molecule has 166 valence electrons. The molecule has 0 fully saturated rings. The summed E-state index contributed by atoms with van der Waals surface area (Å²) in [5, 5.41) is 1.43. The number of benzene rings is 2. The van der Waals surface area contributed by atoms with Gasteiger partial charge in [-0.25, -0.2) is 14.4 Å². The molecule has 5 aromatic rings. The Morgan fingerprint density at radius 2 is 1.85 bits per heavy atom. The van der Waals surface area contributed by atoms with E-state index in [0.717, 1.165) is 52.8 Å². The molecule has 0 atom stereocenters. The third-order valence-corrected chi connectivity index (χ3v) is 5.91. The summed E-state index contributed by atoms with van der Waals surface area (Å²) in [5.74, 6) is 0.577. The first-order valence-corrected chi connectivity index (χ1v) is 11.2. The van der Waals surface area contributed by atoms with Crippen LogP contribution in [0.15, 0.2) is 67.0 Å². The summed E-state index contributed by atoms with van der Waals surface area (Å²) in [7, 11) is 4.13. The van der Waals surface area contributed by atoms with Gasteiger partial charge in [-0.3, -0.25) is 9.55 Å². The minimum absolute atomic E-state index is 0.362. The van der Waals surface area contributed by atoms with Gasteiger partial charge in [0.25, 0.3) is 0 Å². The second-order valence-corrected chi connectivity index (χ2v) is 8.74. The van der Waals surface area contributed by atoms with Gasteiger partial charge in [0.2, 0.25) is 0 Å². The Balaban J connectivity index is 1.77. The van der Waals surface area contributed by atoms with Crippen molar-refractivity contribution in [3.05, 3.63) is 83.7 Å². The highest BCUT2D eigenvalue weighted by atomic mass is 35.5. The van der Waals surface area contributed by atoms with E-state index >= 15 is 0 Å². The molecule has 0 saturated heterocycles. The van der Waals surface area contributed by atoms with Crippen molar-refractivity contribution >= 4 is 33.5 Å². The van der Waals surface area contributed by atoms with E-state index in [4.69, 9.17) is 21.6 Å². The fraction of sp³-hybridized carbons (Fsp3) is 0.192. The fourth-order valence-corrected chi connectivity index (χ4v) is 4.32. The number of halogens is 2. The molecule has 0 radical (unpaired) electrons. The van der Waals surface area contributed by atoms with Crippen molar-refractivity contribution in [2.75, 3.05) is 20.6 Å². The first-order chi connectivity index (χ1) is 16.0. The number of hydrogen-bond acceptors (Lipinski definition) is 4. The molecular weight excluding hydrogens is 437 g/mol. The SMILES string of the molecule is CN(C)CCCc1nc2cnccc2n1-c1cc(-c2cc(Cl)ccc2F)nc2ccccc12. The lowest BCUT2D eigenvalue weighted by Gasteiger charge is -2.15. The molecule has 0 aliphatic rings. The second kappa shape index (κ2) is 8.89. The van der Waals surface area contributed by atoms with Gasteiger partial charge in [0.15, 0.2) is 0 Å². The van der Waals surface area contributed by atoms with Gasteiger partial charge >= 0.3 is 0 Å². The molecule has 0 aliphatic heterocycles. The highest BCUT2D eigenvalue weighted by Gasteiger charge is 2.18. The number of hydrogen-bond donors (Lipinski definition) is 0. The summed E-state index contributed by atoms with van der Waals surface area (Å²) in [6.45, 7) is 0.956. The van der Waals surface area contributed by atoms with Crippen molar-refractivity contribution in [1.82, 2.24) is 24.4 Å². The third-order valence-electron chi connectivity index (χ3n) is 5.67. The second-order valence-electron chi connectivity index (χ2n) is 8.30. The van der Waals surface area contributed by atoms with Crippen LogP contribution in [-0.4, -0.2) is 45.1 Å². The number of para-hydroxylation sites is 1. The molecule has 0 aliphatic carbocycles. The monoisotopic (exact) mass is 459 g/mol. The van der Waals surface area contributed by atoms with Crippen molar-refractivity contribution in [3.8, 4) is 16.9 Å². The van der Waals surface area contributed by atoms with Crippen molar-refractivity contribution in [3.63, 3.8) is 0 Å². The summed E-state index contributed by atoms with van der Waals surface area (Å²) in [6, 6.07) is 16.3. The molecule has 0 saturated carbocycles. The number of imidazole rings is 1. The average Bonchev–Trinajstić information content (AvgIpc) is 3.17. The van der Waals surface area contributed by atoms with E-state index in [1.807, 2.05) is 36.4 Å². The van der Waals surface area contributed by atoms with Gasteiger partial charge in [0, 0.05) is 28.6 Å². The van der Waals surface area contributed by atoms with Gasteiger partial charge in [-0.1, -0.05) is 29.8 Å². The predicted octanol–water partition coefficient (Wildman–Crippen LogP) is 5.92. The number of pyridine rings is 2. The summed E-state index contributed by atoms with van der Waals surface area (Å²) in [4.78, 5) is 16.1. The van der Waals surface area contributed by atoms with E-state index in [-0.39, 0.29) is 5.82 Å². The minimum atomic E-state index is -0.362. The van der Waals surface area contributed by atoms with E-state index in [2.05, 4.69) is 28.5 Å². The minimum Gasteiger partial charge on any atom is -0.309 e. The molecule has 5 rings (SSSR count). The molecule has 0 N–H and O–H groups in total. The van der Waals surface area contributed by atoms with Crippen LogP contribution in [-0.2, 0) is 6.42 Å². The van der Waals surface area contributed by atoms with Crippen molar-refractivity contribution < 1.29 is 4.39 Å². The van der Waals surface area contributed by atoms with Gasteiger partial charge in [-0.15, -0.1) is 0 Å². The maximum atomic E-state index is 14.8. The van der Waals surface area contributed by atoms with Crippen LogP contribution in [0.3, 0.4) is 0 Å². The molecule has 0 bridgehead atoms. The van der Waals surface area contributed by atoms with E-state index < -0.39 is 0 Å². The van der Waals surface area contributed by atoms with E-state index in [1.165, 1.54) is 6.07 Å². The molecule has 0 spiro atoms. The number of aromatic nitrogens is 4. The molecule has 33 heavy (non-hydrogen) atoms. The first kappa shape index (κ1) is 21.5. The molecule has 0 amide bonds. The predicted molar refractivity (Wildman–Crippen MR) is 131 cm³/mol. The van der Waals surface area contributed by atoms with E-state index in [9.17, 15) is 4.39 Å². The quantitative estimate of drug-likeness (QED) is 0.316. The van der Waals surface area contributed by atoms with Crippen LogP contribution in [0.1, 0.15) is 12.2 Å². The summed E-state index contributed by atoms with van der Waals surface area (Å²) >= 11 is 6.19. The highest BCUT2D eigenvalue weighted by molar-refractivity contribution is 6.30. The zero-order valence-electron chi connectivity index (χ0n) is 18.5. The van der Waals surface area contributed by atoms with Gasteiger partial charge in [-0.05, 0) is 63.5 Å². The van der Waals surface area contributed by atoms with Crippen LogP contribution < -0.4 is 0 Å². The number of fused-ring (bicyclic) bond motifs is 2. The highest BCUT2D eigenvalue weighted by Crippen LogP contribution is 2.33. The topological polar surface area (TPSA) is 46.8 Å². The van der Waals surface area contributed by atoms with Gasteiger partial charge < -0.3 is 4.90 Å². The Morgan fingerprint density at radius 3 is 2.70 bits per heavy atom. The number of rotatable bonds is 6. The molecule has 0 unspecified atom stereocenters. The van der Waals surface area contributed by atoms with Crippen LogP contribution in [0.25, 0.3) is 38.9 Å². The average molecular weight is 460 g/mol. The summed E-state index contributed by atoms with van der Waals surface area (Å²) in [6.07, 6.45) is 5.31. The van der Waals surface area contributed by atoms with Gasteiger partial charge in [0.05, 0.1) is 28.6 Å². The standard InChI is InChI=1S/C26H23ClFN5/c1-32(2)13-5-8-26-31-23-16-29-12-11-24(23)33(26)25-15-22(19-14-17(27)9-10-20(19)28)30-21-7-4-3-6-18(21)25/h3-4,6-7,9-12,14-16H,5,8,13H2,1-2H3. The lowest BCUT2D eigenvalue weighted by Crippen LogP contribution is -2.14. The van der Waals surface area contributed by atoms with Gasteiger partial charge in [0.1, 0.15) is 17.2 Å². The van der Waals surface area contributed by atoms with Crippen molar-refractivity contribution in [2.24, 2.45) is 0 Å². The largest absolute Gasteiger partial charge is 0.309 e. The zero-order chi connectivity index (χ0) is 22.9. The zero-order valence-corrected chi connectivity index (χ0v) is 19.2. The van der Waals surface area contributed by atoms with Crippen LogP contribution >= 0.6 is 11.6 Å². The van der Waals surface area contributed by atoms with Crippen molar-refractivity contribution in [1.29, 1.82) is 0 Å². The van der Waals surface area contributed by atoms with E-state index in [0.29, 0.717) is 16.3 Å². The Morgan fingerprint density at radius 1 is 1.00 bits per heavy atom. The molecule has 2 aromatic carbocycles. The van der Waals surface area contributed by atoms with Gasteiger partial charge in [-0.2, -0.15) is 0 Å². The third kappa shape index (κ3) is 4.19. The van der Waals surface area contributed by atoms with E-state index in [1.54, 1.807) is 24.5 Å². The maximum Gasteiger partial charge on any atom is 0.132 e. The Kier molecular flexibility index (Phi) is 5.79. The van der Waals surface area contributed by atoms with Crippen molar-refractivity contribution in [2.45, 2.75) is 12.8 Å². The molecule has 7 heteroatoms. The smallest absolute Gasteiger partial charge is 0.132 e. The number of nitrogens with zero attached hydrogens (tertiary/aromatic N) is 5. The molecule has 5 nitrogen and oxygen atoms in total. The normalized spacial score (nSPS) is 11.7. The lowest BCUT2D eigenvalue weighted by atomic mass is 10.1. The molecule has 3 aromatic heterocycles. The Bertz CT molecular complexity index is 1460. The Labute approximate surface area is 196 Å². The first-order valence-electron chi connectivity index (χ1n) is 10.8. The summed E-state index contributed by atoms with van der Waals surface area (Å²) < 4.78 is 16.9. The maximum absolute atomic E-state index is 14.8. The number of aryl methyl sites for hydroxylation is 1. The molecular formula is C26H23ClFN5. The Hall–Kier alpha value is -3.35. The molecule has 3 heterocycles. The van der Waals surface area contributed by atoms with Crippen LogP contribution in [0.4, 0.5) is 4.39 Å². The van der Waals surface area contributed by atoms with Crippen LogP contribution in [0, 0.1) is 5.82 Å². The lowest BCUT2D eigenvalue weighted by molar-refractivity contribution is 0.398. The van der Waals surface area contributed by atoms with Crippen LogP contribution in [0.2, 0.25) is 5.02 Å².